The maximum atomic E-state index is 5.76. The summed E-state index contributed by atoms with van der Waals surface area (Å²) in [5.74, 6) is 1.80. The Balaban J connectivity index is 1.43. The quantitative estimate of drug-likeness (QED) is 0.378. The Hall–Kier alpha value is -0.850. The van der Waals surface area contributed by atoms with Crippen molar-refractivity contribution >= 4 is 5.96 Å². The minimum atomic E-state index is 0.306. The summed E-state index contributed by atoms with van der Waals surface area (Å²) in [6.45, 7) is 10.3. The molecule has 0 aromatic carbocycles. The third-order valence-corrected chi connectivity index (χ3v) is 4.90. The Labute approximate surface area is 147 Å². The van der Waals surface area contributed by atoms with Crippen molar-refractivity contribution in [3.8, 4) is 0 Å². The summed E-state index contributed by atoms with van der Waals surface area (Å²) < 4.78 is 11.1. The van der Waals surface area contributed by atoms with E-state index in [4.69, 9.17) is 9.47 Å². The highest BCUT2D eigenvalue weighted by Crippen LogP contribution is 2.15. The van der Waals surface area contributed by atoms with Gasteiger partial charge in [-0.2, -0.15) is 0 Å². The molecule has 2 aliphatic rings. The van der Waals surface area contributed by atoms with E-state index in [1.807, 2.05) is 7.05 Å². The maximum Gasteiger partial charge on any atom is 0.190 e. The summed E-state index contributed by atoms with van der Waals surface area (Å²) in [5.41, 5.74) is 0. The van der Waals surface area contributed by atoms with Crippen LogP contribution in [0.2, 0.25) is 0 Å². The average Bonchev–Trinajstić information content (AvgIpc) is 3.11. The van der Waals surface area contributed by atoms with E-state index in [2.05, 4.69) is 27.4 Å². The lowest BCUT2D eigenvalue weighted by atomic mass is 9.99. The predicted octanol–water partition coefficient (Wildman–Crippen LogP) is 1.47. The molecule has 0 radical (unpaired) electrons. The van der Waals surface area contributed by atoms with E-state index in [1.165, 1.54) is 38.9 Å². The largest absolute Gasteiger partial charge is 0.379 e. The number of aliphatic imine (C=N–C) groups is 1. The standard InChI is InChI=1S/C18H36N4O2/c1-16-5-11-22(12-6-16)10-3-8-20-18(19-2)21-9-4-13-24-17-7-14-23-15-17/h16-17H,3-15H2,1-2H3,(H2,19,20,21). The van der Waals surface area contributed by atoms with E-state index < -0.39 is 0 Å². The first kappa shape index (κ1) is 19.5. The highest BCUT2D eigenvalue weighted by atomic mass is 16.5. The number of rotatable bonds is 9. The molecular formula is C18H36N4O2. The molecule has 0 bridgehead atoms. The number of nitrogens with zero attached hydrogens (tertiary/aromatic N) is 2. The van der Waals surface area contributed by atoms with Gasteiger partial charge in [0.25, 0.3) is 0 Å². The zero-order valence-electron chi connectivity index (χ0n) is 15.6. The molecule has 24 heavy (non-hydrogen) atoms. The fourth-order valence-corrected chi connectivity index (χ4v) is 3.19. The number of hydrogen-bond acceptors (Lipinski definition) is 4. The molecule has 2 heterocycles. The van der Waals surface area contributed by atoms with Gasteiger partial charge in [-0.05, 0) is 57.7 Å². The Morgan fingerprint density at radius 1 is 1.17 bits per heavy atom. The van der Waals surface area contributed by atoms with Gasteiger partial charge in [0, 0.05) is 33.4 Å². The van der Waals surface area contributed by atoms with Crippen LogP contribution in [0.15, 0.2) is 4.99 Å². The summed E-state index contributed by atoms with van der Waals surface area (Å²) in [6, 6.07) is 0. The third-order valence-electron chi connectivity index (χ3n) is 4.90. The molecule has 0 spiro atoms. The molecule has 2 fully saturated rings. The first-order valence-electron chi connectivity index (χ1n) is 9.64. The molecule has 2 saturated heterocycles. The molecule has 6 heteroatoms. The Morgan fingerprint density at radius 3 is 2.58 bits per heavy atom. The van der Waals surface area contributed by atoms with Gasteiger partial charge in [-0.3, -0.25) is 4.99 Å². The van der Waals surface area contributed by atoms with E-state index in [9.17, 15) is 0 Å². The Kier molecular flexibility index (Phi) is 9.46. The second-order valence-corrected chi connectivity index (χ2v) is 7.01. The van der Waals surface area contributed by atoms with E-state index in [0.717, 1.165) is 57.6 Å². The summed E-state index contributed by atoms with van der Waals surface area (Å²) in [5, 5.41) is 6.75. The van der Waals surface area contributed by atoms with Crippen molar-refractivity contribution in [1.82, 2.24) is 15.5 Å². The molecule has 140 valence electrons. The van der Waals surface area contributed by atoms with Gasteiger partial charge in [0.15, 0.2) is 5.96 Å². The zero-order valence-corrected chi connectivity index (χ0v) is 15.6. The van der Waals surface area contributed by atoms with Crippen LogP contribution in [0.3, 0.4) is 0 Å². The van der Waals surface area contributed by atoms with Gasteiger partial charge in [0.2, 0.25) is 0 Å². The van der Waals surface area contributed by atoms with Crippen molar-refractivity contribution in [2.75, 3.05) is 59.6 Å². The van der Waals surface area contributed by atoms with E-state index in [-0.39, 0.29) is 0 Å². The maximum absolute atomic E-state index is 5.76. The molecule has 6 nitrogen and oxygen atoms in total. The molecule has 2 rings (SSSR count). The average molecular weight is 341 g/mol. The second-order valence-electron chi connectivity index (χ2n) is 7.01. The first-order chi connectivity index (χ1) is 11.8. The number of hydrogen-bond donors (Lipinski definition) is 2. The van der Waals surface area contributed by atoms with Gasteiger partial charge in [0.1, 0.15) is 0 Å². The molecular weight excluding hydrogens is 304 g/mol. The fourth-order valence-electron chi connectivity index (χ4n) is 3.19. The van der Waals surface area contributed by atoms with Crippen molar-refractivity contribution in [2.24, 2.45) is 10.9 Å². The minimum Gasteiger partial charge on any atom is -0.379 e. The molecule has 1 unspecified atom stereocenters. The van der Waals surface area contributed by atoms with Crippen LogP contribution in [-0.2, 0) is 9.47 Å². The molecule has 1 atom stereocenters. The third kappa shape index (κ3) is 7.81. The summed E-state index contributed by atoms with van der Waals surface area (Å²) in [4.78, 5) is 6.86. The Morgan fingerprint density at radius 2 is 1.92 bits per heavy atom. The Bertz CT molecular complexity index is 351. The molecule has 2 N–H and O–H groups in total. The molecule has 0 aromatic rings. The van der Waals surface area contributed by atoms with Gasteiger partial charge in [-0.1, -0.05) is 6.92 Å². The zero-order chi connectivity index (χ0) is 17.0. The van der Waals surface area contributed by atoms with Gasteiger partial charge < -0.3 is 25.0 Å². The number of ether oxygens (including phenoxy) is 2. The van der Waals surface area contributed by atoms with Crippen molar-refractivity contribution in [1.29, 1.82) is 0 Å². The lowest BCUT2D eigenvalue weighted by molar-refractivity contribution is 0.0420. The summed E-state index contributed by atoms with van der Waals surface area (Å²) >= 11 is 0. The number of piperidine rings is 1. The summed E-state index contributed by atoms with van der Waals surface area (Å²) in [6.07, 6.45) is 6.20. The van der Waals surface area contributed by atoms with Crippen molar-refractivity contribution in [3.63, 3.8) is 0 Å². The SMILES string of the molecule is CN=C(NCCCOC1CCOC1)NCCCN1CCC(C)CC1. The number of guanidine groups is 1. The van der Waals surface area contributed by atoms with Crippen LogP contribution in [0.5, 0.6) is 0 Å². The van der Waals surface area contributed by atoms with Crippen molar-refractivity contribution < 1.29 is 9.47 Å². The predicted molar refractivity (Wildman–Crippen MR) is 98.6 cm³/mol. The highest BCUT2D eigenvalue weighted by molar-refractivity contribution is 5.79. The van der Waals surface area contributed by atoms with Crippen LogP contribution in [0.25, 0.3) is 0 Å². The van der Waals surface area contributed by atoms with Gasteiger partial charge in [-0.15, -0.1) is 0 Å². The van der Waals surface area contributed by atoms with Crippen LogP contribution in [0, 0.1) is 5.92 Å². The van der Waals surface area contributed by atoms with Gasteiger partial charge in [-0.25, -0.2) is 0 Å². The normalized spacial score (nSPS) is 23.6. The molecule has 0 aliphatic carbocycles. The van der Waals surface area contributed by atoms with E-state index in [1.54, 1.807) is 0 Å². The smallest absolute Gasteiger partial charge is 0.190 e. The summed E-state index contributed by atoms with van der Waals surface area (Å²) in [7, 11) is 1.83. The van der Waals surface area contributed by atoms with Crippen LogP contribution < -0.4 is 10.6 Å². The van der Waals surface area contributed by atoms with E-state index >= 15 is 0 Å². The van der Waals surface area contributed by atoms with E-state index in [0.29, 0.717) is 6.10 Å². The van der Waals surface area contributed by atoms with Crippen LogP contribution in [0.4, 0.5) is 0 Å². The minimum absolute atomic E-state index is 0.306. The van der Waals surface area contributed by atoms with Gasteiger partial charge >= 0.3 is 0 Å². The van der Waals surface area contributed by atoms with Crippen molar-refractivity contribution in [2.45, 2.75) is 45.1 Å². The molecule has 2 aliphatic heterocycles. The lowest BCUT2D eigenvalue weighted by Crippen LogP contribution is -2.40. The van der Waals surface area contributed by atoms with Crippen LogP contribution in [-0.4, -0.2) is 76.6 Å². The van der Waals surface area contributed by atoms with Crippen molar-refractivity contribution in [3.05, 3.63) is 0 Å². The van der Waals surface area contributed by atoms with Gasteiger partial charge in [0.05, 0.1) is 12.7 Å². The topological polar surface area (TPSA) is 58.1 Å². The van der Waals surface area contributed by atoms with Crippen LogP contribution in [0.1, 0.15) is 39.0 Å². The molecule has 0 amide bonds. The first-order valence-corrected chi connectivity index (χ1v) is 9.64. The monoisotopic (exact) mass is 340 g/mol. The number of nitrogens with one attached hydrogen (secondary N) is 2. The lowest BCUT2D eigenvalue weighted by Gasteiger charge is -2.30. The second kappa shape index (κ2) is 11.7. The highest BCUT2D eigenvalue weighted by Gasteiger charge is 2.15. The number of likely N-dealkylation sites (tertiary alicyclic amines) is 1. The fraction of sp³-hybridized carbons (Fsp3) is 0.944. The molecule has 0 saturated carbocycles. The molecule has 0 aromatic heterocycles. The van der Waals surface area contributed by atoms with Crippen LogP contribution >= 0.6 is 0 Å².